The van der Waals surface area contributed by atoms with Crippen molar-refractivity contribution >= 4 is 44.6 Å². The van der Waals surface area contributed by atoms with E-state index in [-0.39, 0.29) is 0 Å². The lowest BCUT2D eigenvalue weighted by atomic mass is 10.3. The van der Waals surface area contributed by atoms with Crippen molar-refractivity contribution in [3.8, 4) is 0 Å². The second kappa shape index (κ2) is 7.59. The molecule has 0 radical (unpaired) electrons. The molecule has 1 aliphatic heterocycles. The second-order valence-electron chi connectivity index (χ2n) is 5.21. The van der Waals surface area contributed by atoms with Crippen LogP contribution in [0.3, 0.4) is 0 Å². The molecule has 3 heterocycles. The third kappa shape index (κ3) is 4.32. The molecule has 0 aromatic carbocycles. The largest absolute Gasteiger partial charge is 0.467 e. The molecule has 22 heavy (non-hydrogen) atoms. The molecule has 0 saturated carbocycles. The Hall–Kier alpha value is -0.890. The molecular weight excluding hydrogens is 382 g/mol. The summed E-state index contributed by atoms with van der Waals surface area (Å²) >= 11 is 10.8. The lowest BCUT2D eigenvalue weighted by Crippen LogP contribution is -2.51. The van der Waals surface area contributed by atoms with E-state index in [2.05, 4.69) is 43.2 Å². The Morgan fingerprint density at radius 1 is 1.27 bits per heavy atom. The van der Waals surface area contributed by atoms with Gasteiger partial charge in [-0.1, -0.05) is 0 Å². The smallest absolute Gasteiger partial charge is 0.169 e. The molecule has 0 spiro atoms. The molecule has 3 rings (SSSR count). The molecule has 7 heteroatoms. The van der Waals surface area contributed by atoms with Crippen LogP contribution in [0.25, 0.3) is 0 Å². The fraction of sp³-hybridized carbons (Fsp3) is 0.400. The van der Waals surface area contributed by atoms with Crippen molar-refractivity contribution in [2.75, 3.05) is 26.2 Å². The van der Waals surface area contributed by atoms with Crippen LogP contribution in [0.4, 0.5) is 0 Å². The van der Waals surface area contributed by atoms with E-state index in [0.29, 0.717) is 6.54 Å². The fourth-order valence-electron chi connectivity index (χ4n) is 2.45. The van der Waals surface area contributed by atoms with Crippen LogP contribution >= 0.6 is 39.5 Å². The first kappa shape index (κ1) is 16.0. The van der Waals surface area contributed by atoms with Crippen LogP contribution in [0.15, 0.2) is 38.7 Å². The van der Waals surface area contributed by atoms with E-state index in [1.54, 1.807) is 6.26 Å². The van der Waals surface area contributed by atoms with E-state index in [9.17, 15) is 0 Å². The van der Waals surface area contributed by atoms with Crippen molar-refractivity contribution in [1.82, 2.24) is 15.1 Å². The van der Waals surface area contributed by atoms with Gasteiger partial charge in [-0.3, -0.25) is 4.90 Å². The van der Waals surface area contributed by atoms with E-state index in [4.69, 9.17) is 16.6 Å². The Morgan fingerprint density at radius 3 is 2.73 bits per heavy atom. The zero-order valence-electron chi connectivity index (χ0n) is 12.1. The summed E-state index contributed by atoms with van der Waals surface area (Å²) in [5, 5.41) is 4.08. The highest BCUT2D eigenvalue weighted by Crippen LogP contribution is 2.23. The van der Waals surface area contributed by atoms with Crippen molar-refractivity contribution in [3.63, 3.8) is 0 Å². The lowest BCUT2D eigenvalue weighted by molar-refractivity contribution is 0.175. The minimum absolute atomic E-state index is 0.648. The van der Waals surface area contributed by atoms with Gasteiger partial charge < -0.3 is 14.6 Å². The number of nitrogens with one attached hydrogen (secondary N) is 1. The average Bonchev–Trinajstić information content (AvgIpc) is 3.17. The van der Waals surface area contributed by atoms with Crippen LogP contribution in [0.2, 0.25) is 0 Å². The molecule has 0 bridgehead atoms. The van der Waals surface area contributed by atoms with E-state index in [1.807, 2.05) is 23.5 Å². The number of halogens is 1. The number of piperazine rings is 1. The quantitative estimate of drug-likeness (QED) is 0.797. The number of rotatable bonds is 4. The summed E-state index contributed by atoms with van der Waals surface area (Å²) in [7, 11) is 0. The standard InChI is InChI=1S/C15H18BrN3OS2/c16-14-4-3-13(22-14)11-18-5-7-19(8-6-18)15(21)17-10-12-2-1-9-20-12/h1-4,9H,5-8,10-11H2,(H,17,21). The molecule has 1 N–H and O–H groups in total. The molecular formula is C15H18BrN3OS2. The molecule has 0 aliphatic carbocycles. The van der Waals surface area contributed by atoms with Gasteiger partial charge in [0.1, 0.15) is 5.76 Å². The predicted molar refractivity (Wildman–Crippen MR) is 97.0 cm³/mol. The molecule has 0 amide bonds. The molecule has 1 saturated heterocycles. The highest BCUT2D eigenvalue weighted by atomic mass is 79.9. The average molecular weight is 400 g/mol. The molecule has 2 aromatic heterocycles. The molecule has 118 valence electrons. The first-order valence-corrected chi connectivity index (χ1v) is 9.24. The zero-order valence-corrected chi connectivity index (χ0v) is 15.3. The van der Waals surface area contributed by atoms with Crippen LogP contribution in [-0.4, -0.2) is 41.1 Å². The Kier molecular flexibility index (Phi) is 5.51. The van der Waals surface area contributed by atoms with E-state index in [0.717, 1.165) is 43.6 Å². The van der Waals surface area contributed by atoms with Crippen LogP contribution in [0, 0.1) is 0 Å². The van der Waals surface area contributed by atoms with E-state index in [1.165, 1.54) is 8.66 Å². The van der Waals surface area contributed by atoms with Crippen molar-refractivity contribution in [3.05, 3.63) is 45.0 Å². The summed E-state index contributed by atoms with van der Waals surface area (Å²) in [5.74, 6) is 0.907. The maximum absolute atomic E-state index is 5.47. The summed E-state index contributed by atoms with van der Waals surface area (Å²) in [6.45, 7) is 5.69. The third-order valence-electron chi connectivity index (χ3n) is 3.66. The number of nitrogens with zero attached hydrogens (tertiary/aromatic N) is 2. The second-order valence-corrected chi connectivity index (χ2v) is 8.14. The van der Waals surface area contributed by atoms with Gasteiger partial charge in [0.2, 0.25) is 0 Å². The lowest BCUT2D eigenvalue weighted by Gasteiger charge is -2.36. The molecule has 0 atom stereocenters. The summed E-state index contributed by atoms with van der Waals surface area (Å²) < 4.78 is 6.50. The van der Waals surface area contributed by atoms with Crippen LogP contribution < -0.4 is 5.32 Å². The number of furan rings is 1. The van der Waals surface area contributed by atoms with Crippen molar-refractivity contribution in [1.29, 1.82) is 0 Å². The Balaban J connectivity index is 1.42. The van der Waals surface area contributed by atoms with Crippen molar-refractivity contribution in [2.45, 2.75) is 13.1 Å². The predicted octanol–water partition coefficient (Wildman–Crippen LogP) is 3.30. The summed E-state index contributed by atoms with van der Waals surface area (Å²) in [6, 6.07) is 8.15. The summed E-state index contributed by atoms with van der Waals surface area (Å²) in [6.07, 6.45) is 1.68. The molecule has 4 nitrogen and oxygen atoms in total. The van der Waals surface area contributed by atoms with Gasteiger partial charge in [0.25, 0.3) is 0 Å². The Labute approximate surface area is 148 Å². The van der Waals surface area contributed by atoms with Crippen molar-refractivity contribution in [2.24, 2.45) is 0 Å². The van der Waals surface area contributed by atoms with Crippen LogP contribution in [0.1, 0.15) is 10.6 Å². The number of thiocarbonyl (C=S) groups is 1. The Bertz CT molecular complexity index is 606. The van der Waals surface area contributed by atoms with Gasteiger partial charge in [-0.2, -0.15) is 0 Å². The van der Waals surface area contributed by atoms with Crippen LogP contribution in [-0.2, 0) is 13.1 Å². The number of hydrogen-bond donors (Lipinski definition) is 1. The van der Waals surface area contributed by atoms with Gasteiger partial charge in [-0.05, 0) is 52.4 Å². The van der Waals surface area contributed by atoms with Crippen molar-refractivity contribution < 1.29 is 4.42 Å². The van der Waals surface area contributed by atoms with Gasteiger partial charge in [0.05, 0.1) is 16.6 Å². The minimum Gasteiger partial charge on any atom is -0.467 e. The van der Waals surface area contributed by atoms with E-state index >= 15 is 0 Å². The Morgan fingerprint density at radius 2 is 2.09 bits per heavy atom. The molecule has 2 aromatic rings. The first-order valence-electron chi connectivity index (χ1n) is 7.22. The highest BCUT2D eigenvalue weighted by molar-refractivity contribution is 9.11. The van der Waals surface area contributed by atoms with Gasteiger partial charge in [0.15, 0.2) is 5.11 Å². The highest BCUT2D eigenvalue weighted by Gasteiger charge is 2.19. The van der Waals surface area contributed by atoms with Gasteiger partial charge in [0, 0.05) is 37.6 Å². The first-order chi connectivity index (χ1) is 10.7. The normalized spacial score (nSPS) is 16.0. The number of hydrogen-bond acceptors (Lipinski definition) is 4. The summed E-state index contributed by atoms with van der Waals surface area (Å²) in [5.41, 5.74) is 0. The van der Waals surface area contributed by atoms with Gasteiger partial charge in [-0.25, -0.2) is 0 Å². The van der Waals surface area contributed by atoms with Crippen LogP contribution in [0.5, 0.6) is 0 Å². The zero-order chi connectivity index (χ0) is 15.4. The van der Waals surface area contributed by atoms with Gasteiger partial charge >= 0.3 is 0 Å². The molecule has 1 aliphatic rings. The molecule has 1 fully saturated rings. The van der Waals surface area contributed by atoms with E-state index < -0.39 is 0 Å². The third-order valence-corrected chi connectivity index (χ3v) is 5.67. The topological polar surface area (TPSA) is 31.7 Å². The number of thiophene rings is 1. The summed E-state index contributed by atoms with van der Waals surface area (Å²) in [4.78, 5) is 6.11. The maximum atomic E-state index is 5.47. The molecule has 0 unspecified atom stereocenters. The SMILES string of the molecule is S=C(NCc1ccco1)N1CCN(Cc2ccc(Br)s2)CC1. The monoisotopic (exact) mass is 399 g/mol. The maximum Gasteiger partial charge on any atom is 0.169 e. The van der Waals surface area contributed by atoms with Gasteiger partial charge in [-0.15, -0.1) is 11.3 Å². The fourth-order valence-corrected chi connectivity index (χ4v) is 4.23. The minimum atomic E-state index is 0.648.